The van der Waals surface area contributed by atoms with Gasteiger partial charge in [0.25, 0.3) is 0 Å². The number of aromatic hydroxyl groups is 1. The zero-order chi connectivity index (χ0) is 15.2. The summed E-state index contributed by atoms with van der Waals surface area (Å²) in [5, 5.41) is 14.2. The van der Waals surface area contributed by atoms with Crippen molar-refractivity contribution in [3.8, 4) is 16.9 Å². The summed E-state index contributed by atoms with van der Waals surface area (Å²) >= 11 is 0. The van der Waals surface area contributed by atoms with E-state index in [9.17, 15) is 9.90 Å². The molecule has 0 spiro atoms. The fourth-order valence-corrected chi connectivity index (χ4v) is 1.97. The Balaban J connectivity index is 2.23. The summed E-state index contributed by atoms with van der Waals surface area (Å²) < 4.78 is 11.4. The zero-order valence-corrected chi connectivity index (χ0v) is 12.1. The summed E-state index contributed by atoms with van der Waals surface area (Å²) in [5.74, 6) is -0.169. The SMILES string of the molecule is COCCn1cc(-c2cc(CC(=O)OC)ccc2O)cn1. The molecule has 0 aliphatic heterocycles. The van der Waals surface area contributed by atoms with Crippen LogP contribution in [0, 0.1) is 0 Å². The van der Waals surface area contributed by atoms with Crippen LogP contribution in [0.1, 0.15) is 5.56 Å². The maximum Gasteiger partial charge on any atom is 0.309 e. The van der Waals surface area contributed by atoms with Crippen molar-refractivity contribution < 1.29 is 19.4 Å². The van der Waals surface area contributed by atoms with E-state index in [-0.39, 0.29) is 18.1 Å². The Bertz CT molecular complexity index is 622. The van der Waals surface area contributed by atoms with E-state index in [4.69, 9.17) is 4.74 Å². The van der Waals surface area contributed by atoms with Crippen LogP contribution in [0.15, 0.2) is 30.6 Å². The number of ether oxygens (including phenoxy) is 2. The Morgan fingerprint density at radius 2 is 2.19 bits per heavy atom. The fraction of sp³-hybridized carbons (Fsp3) is 0.333. The molecule has 1 heterocycles. The van der Waals surface area contributed by atoms with Crippen LogP contribution >= 0.6 is 0 Å². The number of phenolic OH excluding ortho intramolecular Hbond substituents is 1. The number of aromatic nitrogens is 2. The monoisotopic (exact) mass is 290 g/mol. The molecule has 2 aromatic rings. The number of carbonyl (C=O) groups is 1. The Labute approximate surface area is 122 Å². The van der Waals surface area contributed by atoms with E-state index in [1.54, 1.807) is 36.2 Å². The molecule has 6 heteroatoms. The first-order valence-corrected chi connectivity index (χ1v) is 6.54. The summed E-state index contributed by atoms with van der Waals surface area (Å²) in [6.07, 6.45) is 3.67. The van der Waals surface area contributed by atoms with Gasteiger partial charge < -0.3 is 14.6 Å². The van der Waals surface area contributed by atoms with Crippen LogP contribution in [0.25, 0.3) is 11.1 Å². The highest BCUT2D eigenvalue weighted by atomic mass is 16.5. The standard InChI is InChI=1S/C15H18N2O4/c1-20-6-5-17-10-12(9-16-17)13-7-11(3-4-14(13)18)8-15(19)21-2/h3-4,7,9-10,18H,5-6,8H2,1-2H3. The summed E-state index contributed by atoms with van der Waals surface area (Å²) in [5.41, 5.74) is 2.20. The van der Waals surface area contributed by atoms with Crippen LogP contribution in [0.5, 0.6) is 5.75 Å². The normalized spacial score (nSPS) is 10.6. The van der Waals surface area contributed by atoms with E-state index >= 15 is 0 Å². The van der Waals surface area contributed by atoms with Gasteiger partial charge in [-0.3, -0.25) is 9.48 Å². The fourth-order valence-electron chi connectivity index (χ4n) is 1.97. The molecule has 0 bridgehead atoms. The van der Waals surface area contributed by atoms with Crippen LogP contribution in [-0.2, 0) is 27.2 Å². The molecule has 0 atom stereocenters. The molecule has 0 saturated heterocycles. The molecule has 1 N–H and O–H groups in total. The molecular weight excluding hydrogens is 272 g/mol. The van der Waals surface area contributed by atoms with Crippen LogP contribution < -0.4 is 0 Å². The molecule has 2 rings (SSSR count). The molecule has 0 fully saturated rings. The minimum Gasteiger partial charge on any atom is -0.507 e. The molecule has 0 aliphatic carbocycles. The molecule has 112 valence electrons. The topological polar surface area (TPSA) is 73.6 Å². The quantitative estimate of drug-likeness (QED) is 0.818. The Kier molecular flexibility index (Phi) is 4.94. The second-order valence-corrected chi connectivity index (χ2v) is 4.59. The van der Waals surface area contributed by atoms with Gasteiger partial charge in [-0.2, -0.15) is 5.10 Å². The number of carbonyl (C=O) groups excluding carboxylic acids is 1. The summed E-state index contributed by atoms with van der Waals surface area (Å²) in [7, 11) is 2.98. The molecule has 1 aromatic heterocycles. The molecule has 0 radical (unpaired) electrons. The number of rotatable bonds is 6. The van der Waals surface area contributed by atoms with Gasteiger partial charge in [-0.1, -0.05) is 6.07 Å². The molecule has 0 aliphatic rings. The van der Waals surface area contributed by atoms with Crippen molar-refractivity contribution in [3.05, 3.63) is 36.2 Å². The predicted molar refractivity (Wildman–Crippen MR) is 76.9 cm³/mol. The average Bonchev–Trinajstić information content (AvgIpc) is 2.95. The third-order valence-corrected chi connectivity index (χ3v) is 3.11. The average molecular weight is 290 g/mol. The lowest BCUT2D eigenvalue weighted by molar-refractivity contribution is -0.139. The second-order valence-electron chi connectivity index (χ2n) is 4.59. The van der Waals surface area contributed by atoms with Crippen molar-refractivity contribution in [2.45, 2.75) is 13.0 Å². The van der Waals surface area contributed by atoms with Gasteiger partial charge in [0.15, 0.2) is 0 Å². The Morgan fingerprint density at radius 1 is 1.38 bits per heavy atom. The van der Waals surface area contributed by atoms with Gasteiger partial charge in [0, 0.05) is 24.4 Å². The number of nitrogens with zero attached hydrogens (tertiary/aromatic N) is 2. The third kappa shape index (κ3) is 3.82. The van der Waals surface area contributed by atoms with Crippen molar-refractivity contribution in [2.24, 2.45) is 0 Å². The smallest absolute Gasteiger partial charge is 0.309 e. The Morgan fingerprint density at radius 3 is 2.90 bits per heavy atom. The first-order chi connectivity index (χ1) is 10.1. The van der Waals surface area contributed by atoms with E-state index in [1.165, 1.54) is 7.11 Å². The molecule has 6 nitrogen and oxygen atoms in total. The van der Waals surface area contributed by atoms with Crippen LogP contribution in [0.4, 0.5) is 0 Å². The molecule has 0 amide bonds. The predicted octanol–water partition coefficient (Wildman–Crippen LogP) is 1.62. The van der Waals surface area contributed by atoms with Gasteiger partial charge in [-0.25, -0.2) is 0 Å². The number of hydrogen-bond acceptors (Lipinski definition) is 5. The van der Waals surface area contributed by atoms with E-state index < -0.39 is 0 Å². The summed E-state index contributed by atoms with van der Waals surface area (Å²) in [4.78, 5) is 11.3. The highest BCUT2D eigenvalue weighted by molar-refractivity contribution is 5.75. The molecular formula is C15H18N2O4. The summed E-state index contributed by atoms with van der Waals surface area (Å²) in [6, 6.07) is 5.04. The first kappa shape index (κ1) is 15.1. The largest absolute Gasteiger partial charge is 0.507 e. The van der Waals surface area contributed by atoms with E-state index in [1.807, 2.05) is 6.20 Å². The van der Waals surface area contributed by atoms with E-state index in [0.717, 1.165) is 11.1 Å². The number of methoxy groups -OCH3 is 2. The minimum atomic E-state index is -0.317. The Hall–Kier alpha value is -2.34. The van der Waals surface area contributed by atoms with Gasteiger partial charge in [0.2, 0.25) is 0 Å². The molecule has 0 unspecified atom stereocenters. The van der Waals surface area contributed by atoms with E-state index in [0.29, 0.717) is 18.7 Å². The zero-order valence-electron chi connectivity index (χ0n) is 12.1. The maximum atomic E-state index is 11.3. The van der Waals surface area contributed by atoms with Crippen molar-refractivity contribution in [1.29, 1.82) is 0 Å². The van der Waals surface area contributed by atoms with Crippen molar-refractivity contribution >= 4 is 5.97 Å². The third-order valence-electron chi connectivity index (χ3n) is 3.11. The highest BCUT2D eigenvalue weighted by Gasteiger charge is 2.10. The van der Waals surface area contributed by atoms with Crippen LogP contribution in [0.2, 0.25) is 0 Å². The minimum absolute atomic E-state index is 0.148. The number of hydrogen-bond donors (Lipinski definition) is 1. The van der Waals surface area contributed by atoms with Gasteiger partial charge in [-0.05, 0) is 17.7 Å². The number of phenols is 1. The van der Waals surface area contributed by atoms with Gasteiger partial charge >= 0.3 is 5.97 Å². The molecule has 0 saturated carbocycles. The number of esters is 1. The van der Waals surface area contributed by atoms with Crippen molar-refractivity contribution in [2.75, 3.05) is 20.8 Å². The maximum absolute atomic E-state index is 11.3. The molecule has 21 heavy (non-hydrogen) atoms. The lowest BCUT2D eigenvalue weighted by Crippen LogP contribution is -2.04. The lowest BCUT2D eigenvalue weighted by atomic mass is 10.0. The van der Waals surface area contributed by atoms with Gasteiger partial charge in [0.1, 0.15) is 5.75 Å². The number of benzene rings is 1. The second kappa shape index (κ2) is 6.90. The highest BCUT2D eigenvalue weighted by Crippen LogP contribution is 2.29. The molecule has 1 aromatic carbocycles. The van der Waals surface area contributed by atoms with Crippen molar-refractivity contribution in [3.63, 3.8) is 0 Å². The summed E-state index contributed by atoms with van der Waals surface area (Å²) in [6.45, 7) is 1.20. The van der Waals surface area contributed by atoms with Gasteiger partial charge in [0.05, 0.1) is 32.9 Å². The van der Waals surface area contributed by atoms with Crippen LogP contribution in [-0.4, -0.2) is 41.7 Å². The van der Waals surface area contributed by atoms with Crippen LogP contribution in [0.3, 0.4) is 0 Å². The first-order valence-electron chi connectivity index (χ1n) is 6.54. The lowest BCUT2D eigenvalue weighted by Gasteiger charge is -2.06. The van der Waals surface area contributed by atoms with Gasteiger partial charge in [-0.15, -0.1) is 0 Å². The van der Waals surface area contributed by atoms with E-state index in [2.05, 4.69) is 9.84 Å². The van der Waals surface area contributed by atoms with Crippen molar-refractivity contribution in [1.82, 2.24) is 9.78 Å².